The number of anilines is 2. The van der Waals surface area contributed by atoms with E-state index >= 15 is 0 Å². The zero-order valence-electron chi connectivity index (χ0n) is 16.0. The molecule has 0 saturated carbocycles. The second kappa shape index (κ2) is 8.49. The van der Waals surface area contributed by atoms with Gasteiger partial charge in [-0.1, -0.05) is 55.8 Å². The lowest BCUT2D eigenvalue weighted by molar-refractivity contribution is 0.102. The van der Waals surface area contributed by atoms with E-state index in [4.69, 9.17) is 0 Å². The normalized spacial score (nSPS) is 10.7. The van der Waals surface area contributed by atoms with Gasteiger partial charge in [-0.3, -0.25) is 4.79 Å². The summed E-state index contributed by atoms with van der Waals surface area (Å²) in [6.45, 7) is 7.08. The Balaban J connectivity index is 1.57. The zero-order valence-corrected chi connectivity index (χ0v) is 16.0. The molecule has 0 bridgehead atoms. The first-order chi connectivity index (χ1) is 13.0. The highest BCUT2D eigenvalue weighted by Crippen LogP contribution is 2.18. The van der Waals surface area contributed by atoms with E-state index in [0.29, 0.717) is 11.6 Å². The summed E-state index contributed by atoms with van der Waals surface area (Å²) in [5.41, 5.74) is 5.74. The number of nitrogens with zero attached hydrogens (tertiary/aromatic N) is 1. The summed E-state index contributed by atoms with van der Waals surface area (Å²) in [6, 6.07) is 19.9. The van der Waals surface area contributed by atoms with Crippen molar-refractivity contribution in [2.75, 3.05) is 10.6 Å². The Morgan fingerprint density at radius 3 is 2.19 bits per heavy atom. The number of carbonyl (C=O) groups excluding carboxylic acids is 1. The topological polar surface area (TPSA) is 54.0 Å². The molecule has 27 heavy (non-hydrogen) atoms. The van der Waals surface area contributed by atoms with Gasteiger partial charge < -0.3 is 10.6 Å². The first-order valence-corrected chi connectivity index (χ1v) is 9.18. The SMILES string of the molecule is Cc1ccc(CNc2ccc(C(=O)Nc3ccc(C(C)C)cc3)nc2)cc1. The van der Waals surface area contributed by atoms with Crippen molar-refractivity contribution in [1.29, 1.82) is 0 Å². The molecule has 0 radical (unpaired) electrons. The lowest BCUT2D eigenvalue weighted by Crippen LogP contribution is -2.13. The van der Waals surface area contributed by atoms with Crippen molar-refractivity contribution in [2.45, 2.75) is 33.2 Å². The summed E-state index contributed by atoms with van der Waals surface area (Å²) in [5.74, 6) is 0.258. The number of benzene rings is 2. The third kappa shape index (κ3) is 5.17. The van der Waals surface area contributed by atoms with E-state index in [-0.39, 0.29) is 5.91 Å². The third-order valence-corrected chi connectivity index (χ3v) is 4.45. The molecular weight excluding hydrogens is 334 g/mol. The number of rotatable bonds is 6. The Kier molecular flexibility index (Phi) is 5.87. The maximum absolute atomic E-state index is 12.4. The average molecular weight is 359 g/mol. The molecule has 1 amide bonds. The van der Waals surface area contributed by atoms with Crippen molar-refractivity contribution in [2.24, 2.45) is 0 Å². The highest BCUT2D eigenvalue weighted by atomic mass is 16.1. The number of pyridine rings is 1. The lowest BCUT2D eigenvalue weighted by atomic mass is 10.0. The van der Waals surface area contributed by atoms with Gasteiger partial charge in [0, 0.05) is 12.2 Å². The number of aryl methyl sites for hydroxylation is 1. The monoisotopic (exact) mass is 359 g/mol. The number of aromatic nitrogens is 1. The van der Waals surface area contributed by atoms with Crippen LogP contribution in [0.3, 0.4) is 0 Å². The smallest absolute Gasteiger partial charge is 0.274 e. The summed E-state index contributed by atoms with van der Waals surface area (Å²) in [5, 5.41) is 6.20. The molecule has 4 nitrogen and oxygen atoms in total. The molecule has 3 rings (SSSR count). The summed E-state index contributed by atoms with van der Waals surface area (Å²) >= 11 is 0. The van der Waals surface area contributed by atoms with Crippen LogP contribution in [0, 0.1) is 6.92 Å². The van der Waals surface area contributed by atoms with E-state index in [0.717, 1.165) is 17.9 Å². The van der Waals surface area contributed by atoms with Gasteiger partial charge in [0.25, 0.3) is 5.91 Å². The Morgan fingerprint density at radius 1 is 0.926 bits per heavy atom. The first kappa shape index (κ1) is 18.6. The molecular formula is C23H25N3O. The molecule has 1 heterocycles. The molecule has 0 spiro atoms. The number of nitrogens with one attached hydrogen (secondary N) is 2. The fourth-order valence-electron chi connectivity index (χ4n) is 2.69. The highest BCUT2D eigenvalue weighted by Gasteiger charge is 2.08. The Labute approximate surface area is 160 Å². The van der Waals surface area contributed by atoms with Crippen molar-refractivity contribution < 1.29 is 4.79 Å². The van der Waals surface area contributed by atoms with Crippen LogP contribution in [0.2, 0.25) is 0 Å². The summed E-state index contributed by atoms with van der Waals surface area (Å²) in [4.78, 5) is 16.6. The lowest BCUT2D eigenvalue weighted by Gasteiger charge is -2.09. The van der Waals surface area contributed by atoms with Crippen LogP contribution >= 0.6 is 0 Å². The largest absolute Gasteiger partial charge is 0.380 e. The van der Waals surface area contributed by atoms with Gasteiger partial charge in [0.1, 0.15) is 5.69 Å². The molecule has 3 aromatic rings. The van der Waals surface area contributed by atoms with Crippen molar-refractivity contribution in [3.8, 4) is 0 Å². The maximum Gasteiger partial charge on any atom is 0.274 e. The van der Waals surface area contributed by atoms with Crippen LogP contribution in [0.4, 0.5) is 11.4 Å². The first-order valence-electron chi connectivity index (χ1n) is 9.18. The van der Waals surface area contributed by atoms with E-state index in [1.165, 1.54) is 16.7 Å². The van der Waals surface area contributed by atoms with Gasteiger partial charge in [-0.25, -0.2) is 4.98 Å². The molecule has 0 fully saturated rings. The van der Waals surface area contributed by atoms with Crippen LogP contribution in [-0.4, -0.2) is 10.9 Å². The molecule has 0 unspecified atom stereocenters. The van der Waals surface area contributed by atoms with E-state index in [9.17, 15) is 4.79 Å². The van der Waals surface area contributed by atoms with Crippen molar-refractivity contribution >= 4 is 17.3 Å². The predicted octanol–water partition coefficient (Wildman–Crippen LogP) is 5.38. The molecule has 0 aliphatic heterocycles. The van der Waals surface area contributed by atoms with Gasteiger partial charge in [0.2, 0.25) is 0 Å². The van der Waals surface area contributed by atoms with Gasteiger partial charge in [-0.2, -0.15) is 0 Å². The van der Waals surface area contributed by atoms with Gasteiger partial charge in [-0.15, -0.1) is 0 Å². The maximum atomic E-state index is 12.4. The highest BCUT2D eigenvalue weighted by molar-refractivity contribution is 6.02. The van der Waals surface area contributed by atoms with Crippen LogP contribution in [0.5, 0.6) is 0 Å². The summed E-state index contributed by atoms with van der Waals surface area (Å²) in [7, 11) is 0. The number of hydrogen-bond acceptors (Lipinski definition) is 3. The third-order valence-electron chi connectivity index (χ3n) is 4.45. The minimum Gasteiger partial charge on any atom is -0.380 e. The molecule has 1 aromatic heterocycles. The van der Waals surface area contributed by atoms with Crippen LogP contribution < -0.4 is 10.6 Å². The molecule has 0 saturated heterocycles. The van der Waals surface area contributed by atoms with Crippen LogP contribution in [0.25, 0.3) is 0 Å². The van der Waals surface area contributed by atoms with E-state index in [1.54, 1.807) is 12.3 Å². The van der Waals surface area contributed by atoms with Crippen molar-refractivity contribution in [3.05, 3.63) is 89.2 Å². The zero-order chi connectivity index (χ0) is 19.2. The van der Waals surface area contributed by atoms with Gasteiger partial charge in [0.15, 0.2) is 0 Å². The summed E-state index contributed by atoms with van der Waals surface area (Å²) in [6.07, 6.45) is 1.69. The molecule has 0 aliphatic carbocycles. The van der Waals surface area contributed by atoms with Gasteiger partial charge in [-0.05, 0) is 48.2 Å². The standard InChI is InChI=1S/C23H25N3O/c1-16(2)19-8-10-20(11-9-19)26-23(27)22-13-12-21(15-25-22)24-14-18-6-4-17(3)5-7-18/h4-13,15-16,24H,14H2,1-3H3,(H,26,27). The van der Waals surface area contributed by atoms with Gasteiger partial charge in [0.05, 0.1) is 11.9 Å². The van der Waals surface area contributed by atoms with E-state index in [1.807, 2.05) is 30.3 Å². The molecule has 0 aliphatic rings. The molecule has 138 valence electrons. The minimum atomic E-state index is -0.211. The molecule has 2 aromatic carbocycles. The molecule has 2 N–H and O–H groups in total. The summed E-state index contributed by atoms with van der Waals surface area (Å²) < 4.78 is 0. The Morgan fingerprint density at radius 2 is 1.59 bits per heavy atom. The van der Waals surface area contributed by atoms with E-state index in [2.05, 4.69) is 60.7 Å². The number of amides is 1. The molecule has 0 atom stereocenters. The van der Waals surface area contributed by atoms with Crippen LogP contribution in [0.1, 0.15) is 46.9 Å². The molecule has 4 heteroatoms. The van der Waals surface area contributed by atoms with Gasteiger partial charge >= 0.3 is 0 Å². The number of carbonyl (C=O) groups is 1. The van der Waals surface area contributed by atoms with Crippen molar-refractivity contribution in [3.63, 3.8) is 0 Å². The fourth-order valence-corrected chi connectivity index (χ4v) is 2.69. The van der Waals surface area contributed by atoms with Crippen LogP contribution in [-0.2, 0) is 6.54 Å². The van der Waals surface area contributed by atoms with Crippen molar-refractivity contribution in [1.82, 2.24) is 4.98 Å². The minimum absolute atomic E-state index is 0.211. The number of hydrogen-bond donors (Lipinski definition) is 2. The Hall–Kier alpha value is -3.14. The quantitative estimate of drug-likeness (QED) is 0.621. The average Bonchev–Trinajstić information content (AvgIpc) is 2.68. The van der Waals surface area contributed by atoms with E-state index < -0.39 is 0 Å². The Bertz CT molecular complexity index is 882. The van der Waals surface area contributed by atoms with Crippen LogP contribution in [0.15, 0.2) is 66.9 Å². The second-order valence-corrected chi connectivity index (χ2v) is 7.00. The predicted molar refractivity (Wildman–Crippen MR) is 111 cm³/mol. The second-order valence-electron chi connectivity index (χ2n) is 7.00. The fraction of sp³-hybridized carbons (Fsp3) is 0.217.